The third kappa shape index (κ3) is 2.55. The van der Waals surface area contributed by atoms with Crippen molar-refractivity contribution in [1.29, 1.82) is 0 Å². The predicted molar refractivity (Wildman–Crippen MR) is 70.3 cm³/mol. The Bertz CT molecular complexity index is 630. The molecule has 0 saturated heterocycles. The Balaban J connectivity index is 2.49. The zero-order chi connectivity index (χ0) is 14.0. The van der Waals surface area contributed by atoms with Crippen LogP contribution in [0.3, 0.4) is 0 Å². The van der Waals surface area contributed by atoms with Crippen molar-refractivity contribution in [1.82, 2.24) is 14.5 Å². The third-order valence-electron chi connectivity index (χ3n) is 2.45. The van der Waals surface area contributed by atoms with Gasteiger partial charge in [-0.3, -0.25) is 4.79 Å². The minimum absolute atomic E-state index is 0.0792. The maximum atomic E-state index is 11.8. The number of aryl methyl sites for hydroxylation is 1. The molecular weight excluding hydrogens is 266 g/mol. The highest BCUT2D eigenvalue weighted by Gasteiger charge is 2.23. The van der Waals surface area contributed by atoms with Crippen molar-refractivity contribution >= 4 is 23.1 Å². The summed E-state index contributed by atoms with van der Waals surface area (Å²) in [6, 6.07) is 0. The predicted octanol–water partition coefficient (Wildman–Crippen LogP) is 1.92. The molecule has 0 aromatic carbocycles. The first-order valence-corrected chi connectivity index (χ1v) is 6.51. The van der Waals surface area contributed by atoms with E-state index in [1.54, 1.807) is 24.0 Å². The molecule has 2 aromatic heterocycles. The largest absolute Gasteiger partial charge is 0.461 e. The number of ether oxygens (including phenoxy) is 1. The molecule has 0 fully saturated rings. The maximum absolute atomic E-state index is 11.8. The molecule has 2 heterocycles. The Hall–Kier alpha value is -2.02. The molecule has 0 aliphatic rings. The number of hydrogen-bond donors (Lipinski definition) is 0. The van der Waals surface area contributed by atoms with E-state index in [4.69, 9.17) is 4.74 Å². The van der Waals surface area contributed by atoms with Gasteiger partial charge in [-0.1, -0.05) is 0 Å². The highest BCUT2D eigenvalue weighted by Crippen LogP contribution is 2.28. The minimum Gasteiger partial charge on any atom is -0.461 e. The zero-order valence-corrected chi connectivity index (χ0v) is 11.7. The Kier molecular flexibility index (Phi) is 3.75. The fourth-order valence-corrected chi connectivity index (χ4v) is 2.57. The van der Waals surface area contributed by atoms with E-state index in [1.807, 2.05) is 7.05 Å². The second kappa shape index (κ2) is 5.31. The number of aromatic nitrogens is 3. The fourth-order valence-electron chi connectivity index (χ4n) is 1.57. The molecule has 0 N–H and O–H groups in total. The minimum atomic E-state index is -0.572. The third-order valence-corrected chi connectivity index (χ3v) is 3.63. The van der Waals surface area contributed by atoms with E-state index >= 15 is 0 Å². The quantitative estimate of drug-likeness (QED) is 0.631. The first kappa shape index (κ1) is 13.4. The van der Waals surface area contributed by atoms with Gasteiger partial charge in [-0.05, 0) is 6.92 Å². The van der Waals surface area contributed by atoms with Crippen molar-refractivity contribution in [2.24, 2.45) is 7.05 Å². The summed E-state index contributed by atoms with van der Waals surface area (Å²) in [6.45, 7) is 3.36. The number of thiazole rings is 1. The Morgan fingerprint density at radius 3 is 2.74 bits per heavy atom. The second-order valence-electron chi connectivity index (χ2n) is 3.86. The van der Waals surface area contributed by atoms with Crippen LogP contribution >= 0.6 is 11.3 Å². The van der Waals surface area contributed by atoms with Crippen LogP contribution in [-0.4, -0.2) is 32.9 Å². The maximum Gasteiger partial charge on any atom is 0.358 e. The molecule has 7 heteroatoms. The molecule has 0 unspecified atom stereocenters. The van der Waals surface area contributed by atoms with E-state index in [0.717, 1.165) is 5.69 Å². The highest BCUT2D eigenvalue weighted by molar-refractivity contribution is 7.17. The van der Waals surface area contributed by atoms with E-state index < -0.39 is 5.97 Å². The van der Waals surface area contributed by atoms with Crippen LogP contribution in [0.1, 0.15) is 34.0 Å². The zero-order valence-electron chi connectivity index (χ0n) is 10.8. The summed E-state index contributed by atoms with van der Waals surface area (Å²) >= 11 is 1.17. The molecule has 19 heavy (non-hydrogen) atoms. The summed E-state index contributed by atoms with van der Waals surface area (Å²) in [4.78, 5) is 31.9. The smallest absolute Gasteiger partial charge is 0.358 e. The van der Waals surface area contributed by atoms with Crippen molar-refractivity contribution < 1.29 is 14.3 Å². The molecule has 2 aromatic rings. The van der Waals surface area contributed by atoms with Crippen LogP contribution in [-0.2, 0) is 11.8 Å². The van der Waals surface area contributed by atoms with Crippen molar-refractivity contribution in [2.75, 3.05) is 6.61 Å². The lowest BCUT2D eigenvalue weighted by atomic mass is 10.3. The lowest BCUT2D eigenvalue weighted by molar-refractivity contribution is 0.0517. The monoisotopic (exact) mass is 279 g/mol. The molecule has 0 radical (unpaired) electrons. The molecule has 0 atom stereocenters. The molecule has 2 rings (SSSR count). The van der Waals surface area contributed by atoms with Crippen molar-refractivity contribution in [3.05, 3.63) is 23.1 Å². The van der Waals surface area contributed by atoms with Crippen LogP contribution in [0.15, 0.2) is 12.5 Å². The number of hydrogen-bond acceptors (Lipinski definition) is 6. The first-order chi connectivity index (χ1) is 9.04. The molecule has 0 aliphatic carbocycles. The highest BCUT2D eigenvalue weighted by atomic mass is 32.1. The normalized spacial score (nSPS) is 10.5. The summed E-state index contributed by atoms with van der Waals surface area (Å²) in [7, 11) is 1.82. The van der Waals surface area contributed by atoms with Crippen LogP contribution < -0.4 is 0 Å². The summed E-state index contributed by atoms with van der Waals surface area (Å²) in [6.07, 6.45) is 3.27. The van der Waals surface area contributed by atoms with Gasteiger partial charge in [-0.25, -0.2) is 14.8 Å². The van der Waals surface area contributed by atoms with Gasteiger partial charge in [0, 0.05) is 14.0 Å². The number of imidazole rings is 1. The fraction of sp³-hybridized carbons (Fsp3) is 0.333. The number of rotatable bonds is 4. The Morgan fingerprint density at radius 2 is 2.21 bits per heavy atom. The molecule has 0 spiro atoms. The SMILES string of the molecule is CCOC(=O)c1nc(-c2cncn2C)sc1C(C)=O. The first-order valence-electron chi connectivity index (χ1n) is 5.70. The van der Waals surface area contributed by atoms with Gasteiger partial charge in [0.15, 0.2) is 11.5 Å². The van der Waals surface area contributed by atoms with Gasteiger partial charge in [0.25, 0.3) is 0 Å². The van der Waals surface area contributed by atoms with Gasteiger partial charge in [-0.15, -0.1) is 11.3 Å². The Labute approximate surface area is 114 Å². The van der Waals surface area contributed by atoms with Crippen molar-refractivity contribution in [3.63, 3.8) is 0 Å². The van der Waals surface area contributed by atoms with E-state index in [1.165, 1.54) is 18.3 Å². The number of esters is 1. The van der Waals surface area contributed by atoms with Gasteiger partial charge < -0.3 is 9.30 Å². The van der Waals surface area contributed by atoms with Gasteiger partial charge in [-0.2, -0.15) is 0 Å². The Morgan fingerprint density at radius 1 is 1.47 bits per heavy atom. The van der Waals surface area contributed by atoms with E-state index in [2.05, 4.69) is 9.97 Å². The molecular formula is C12H13N3O3S. The molecule has 0 amide bonds. The van der Waals surface area contributed by atoms with Crippen LogP contribution in [0.25, 0.3) is 10.7 Å². The summed E-state index contributed by atoms with van der Waals surface area (Å²) < 4.78 is 6.69. The summed E-state index contributed by atoms with van der Waals surface area (Å²) in [5.74, 6) is -0.772. The lowest BCUT2D eigenvalue weighted by Gasteiger charge is -1.99. The van der Waals surface area contributed by atoms with Crippen LogP contribution in [0, 0.1) is 0 Å². The molecule has 0 aliphatic heterocycles. The van der Waals surface area contributed by atoms with E-state index in [0.29, 0.717) is 9.88 Å². The van der Waals surface area contributed by atoms with Crippen LogP contribution in [0.4, 0.5) is 0 Å². The molecule has 6 nitrogen and oxygen atoms in total. The number of ketones is 1. The summed E-state index contributed by atoms with van der Waals surface area (Å²) in [5, 5.41) is 0.577. The van der Waals surface area contributed by atoms with Gasteiger partial charge in [0.2, 0.25) is 0 Å². The van der Waals surface area contributed by atoms with Gasteiger partial charge in [0.05, 0.1) is 24.8 Å². The van der Waals surface area contributed by atoms with E-state index in [-0.39, 0.29) is 18.1 Å². The number of nitrogens with zero attached hydrogens (tertiary/aromatic N) is 3. The van der Waals surface area contributed by atoms with Crippen LogP contribution in [0.5, 0.6) is 0 Å². The number of carbonyl (C=O) groups is 2. The number of carbonyl (C=O) groups excluding carboxylic acids is 2. The van der Waals surface area contributed by atoms with Crippen LogP contribution in [0.2, 0.25) is 0 Å². The molecule has 0 bridgehead atoms. The van der Waals surface area contributed by atoms with Gasteiger partial charge >= 0.3 is 5.97 Å². The second-order valence-corrected chi connectivity index (χ2v) is 4.86. The van der Waals surface area contributed by atoms with Crippen molar-refractivity contribution in [2.45, 2.75) is 13.8 Å². The standard InChI is InChI=1S/C12H13N3O3S/c1-4-18-12(17)9-10(7(2)16)19-11(14-9)8-5-13-6-15(8)3/h5-6H,4H2,1-3H3. The van der Waals surface area contributed by atoms with Gasteiger partial charge in [0.1, 0.15) is 9.88 Å². The lowest BCUT2D eigenvalue weighted by Crippen LogP contribution is -2.09. The molecule has 0 saturated carbocycles. The average molecular weight is 279 g/mol. The summed E-state index contributed by atoms with van der Waals surface area (Å²) in [5.41, 5.74) is 0.832. The van der Waals surface area contributed by atoms with Crippen molar-refractivity contribution in [3.8, 4) is 10.7 Å². The topological polar surface area (TPSA) is 74.1 Å². The average Bonchev–Trinajstić information content (AvgIpc) is 2.94. The molecule has 100 valence electrons. The number of Topliss-reactive ketones (excluding diaryl/α,β-unsaturated/α-hetero) is 1. The van der Waals surface area contributed by atoms with E-state index in [9.17, 15) is 9.59 Å².